The lowest BCUT2D eigenvalue weighted by atomic mass is 10.0. The van der Waals surface area contributed by atoms with Crippen LogP contribution in [-0.4, -0.2) is 48.8 Å². The fourth-order valence-corrected chi connectivity index (χ4v) is 4.32. The van der Waals surface area contributed by atoms with E-state index < -0.39 is 6.10 Å². The molecule has 34 heavy (non-hydrogen) atoms. The van der Waals surface area contributed by atoms with Gasteiger partial charge in [0.1, 0.15) is 11.9 Å². The van der Waals surface area contributed by atoms with Crippen LogP contribution >= 0.6 is 0 Å². The molecule has 0 unspecified atom stereocenters. The summed E-state index contributed by atoms with van der Waals surface area (Å²) < 4.78 is 16.3. The van der Waals surface area contributed by atoms with Crippen molar-refractivity contribution in [1.82, 2.24) is 4.90 Å². The number of methoxy groups -OCH3 is 1. The molecule has 0 saturated heterocycles. The molecule has 0 aromatic heterocycles. The zero-order chi connectivity index (χ0) is 23.3. The first-order valence-corrected chi connectivity index (χ1v) is 11.4. The van der Waals surface area contributed by atoms with Gasteiger partial charge in [0.2, 0.25) is 6.79 Å². The van der Waals surface area contributed by atoms with Crippen molar-refractivity contribution in [2.24, 2.45) is 5.16 Å². The van der Waals surface area contributed by atoms with E-state index in [0.29, 0.717) is 26.1 Å². The lowest BCUT2D eigenvalue weighted by Crippen LogP contribution is -2.35. The highest BCUT2D eigenvalue weighted by Crippen LogP contribution is 2.34. The Balaban J connectivity index is 1.28. The molecular formula is C27H28N2O5. The molecule has 2 aliphatic heterocycles. The van der Waals surface area contributed by atoms with Crippen molar-refractivity contribution >= 4 is 5.71 Å². The summed E-state index contributed by atoms with van der Waals surface area (Å²) in [4.78, 5) is 8.01. The maximum absolute atomic E-state index is 10.9. The predicted molar refractivity (Wildman–Crippen MR) is 128 cm³/mol. The van der Waals surface area contributed by atoms with E-state index in [1.165, 1.54) is 0 Å². The number of hydrogen-bond donors (Lipinski definition) is 1. The van der Waals surface area contributed by atoms with Gasteiger partial charge in [-0.1, -0.05) is 47.6 Å². The Morgan fingerprint density at radius 1 is 1.03 bits per heavy atom. The molecule has 0 spiro atoms. The molecule has 7 nitrogen and oxygen atoms in total. The van der Waals surface area contributed by atoms with E-state index in [4.69, 9.17) is 19.0 Å². The van der Waals surface area contributed by atoms with Crippen LogP contribution in [0.3, 0.4) is 0 Å². The topological polar surface area (TPSA) is 72.8 Å². The maximum atomic E-state index is 10.9. The highest BCUT2D eigenvalue weighted by Gasteiger charge is 2.27. The lowest BCUT2D eigenvalue weighted by molar-refractivity contribution is 0.0318. The third kappa shape index (κ3) is 5.16. The Bertz CT molecular complexity index is 1150. The Hall–Kier alpha value is -3.55. The second-order valence-corrected chi connectivity index (χ2v) is 8.51. The number of aliphatic hydroxyl groups excluding tert-OH is 1. The van der Waals surface area contributed by atoms with E-state index in [0.717, 1.165) is 39.7 Å². The van der Waals surface area contributed by atoms with Gasteiger partial charge in [-0.25, -0.2) is 0 Å². The zero-order valence-corrected chi connectivity index (χ0v) is 19.1. The van der Waals surface area contributed by atoms with Gasteiger partial charge in [0.05, 0.1) is 18.9 Å². The van der Waals surface area contributed by atoms with Crippen LogP contribution < -0.4 is 14.2 Å². The minimum atomic E-state index is -0.609. The van der Waals surface area contributed by atoms with Crippen molar-refractivity contribution in [3.05, 3.63) is 89.5 Å². The second kappa shape index (κ2) is 10.2. The summed E-state index contributed by atoms with van der Waals surface area (Å²) in [5, 5.41) is 15.3. The van der Waals surface area contributed by atoms with Crippen LogP contribution in [0.1, 0.15) is 29.2 Å². The second-order valence-electron chi connectivity index (χ2n) is 8.51. The summed E-state index contributed by atoms with van der Waals surface area (Å²) >= 11 is 0. The fourth-order valence-electron chi connectivity index (χ4n) is 4.32. The SMILES string of the molecule is COc1cccc(CN(C[C@H]2CC(c3ccc4c(c3)OCO4)=NO2)C[C@@H](O)c2ccccc2)c1. The average Bonchev–Trinajstić information content (AvgIpc) is 3.53. The van der Waals surface area contributed by atoms with Gasteiger partial charge in [0, 0.05) is 31.6 Å². The number of aliphatic hydroxyl groups is 1. The molecule has 176 valence electrons. The van der Waals surface area contributed by atoms with Crippen LogP contribution in [0.15, 0.2) is 78.0 Å². The molecule has 0 saturated carbocycles. The molecule has 3 aromatic rings. The molecule has 0 amide bonds. The van der Waals surface area contributed by atoms with Crippen LogP contribution in [0.5, 0.6) is 17.2 Å². The standard InChI is InChI=1S/C27H28N2O5/c1-31-22-9-5-6-19(12-22)15-29(17-25(30)20-7-3-2-4-8-20)16-23-14-24(28-34-23)21-10-11-26-27(13-21)33-18-32-26/h2-13,23,25,30H,14-18H2,1H3/t23-,25-/m1/s1. The van der Waals surface area contributed by atoms with E-state index in [1.807, 2.05) is 66.7 Å². The Morgan fingerprint density at radius 3 is 2.74 bits per heavy atom. The summed E-state index contributed by atoms with van der Waals surface area (Å²) in [5.74, 6) is 2.29. The molecule has 5 rings (SSSR count). The van der Waals surface area contributed by atoms with Gasteiger partial charge in [0.25, 0.3) is 0 Å². The van der Waals surface area contributed by atoms with Gasteiger partial charge < -0.3 is 24.2 Å². The average molecular weight is 461 g/mol. The third-order valence-corrected chi connectivity index (χ3v) is 6.06. The van der Waals surface area contributed by atoms with E-state index in [2.05, 4.69) is 16.1 Å². The van der Waals surface area contributed by atoms with Gasteiger partial charge in [-0.2, -0.15) is 0 Å². The van der Waals surface area contributed by atoms with Crippen LogP contribution in [0.2, 0.25) is 0 Å². The smallest absolute Gasteiger partial charge is 0.231 e. The summed E-state index contributed by atoms with van der Waals surface area (Å²) in [5.41, 5.74) is 3.85. The monoisotopic (exact) mass is 460 g/mol. The molecule has 0 radical (unpaired) electrons. The molecule has 0 aliphatic carbocycles. The normalized spacial score (nSPS) is 17.4. The van der Waals surface area contributed by atoms with Crippen molar-refractivity contribution in [3.63, 3.8) is 0 Å². The van der Waals surface area contributed by atoms with E-state index in [-0.39, 0.29) is 12.9 Å². The van der Waals surface area contributed by atoms with Gasteiger partial charge in [-0.05, 0) is 41.5 Å². The quantitative estimate of drug-likeness (QED) is 0.517. The molecule has 0 fully saturated rings. The van der Waals surface area contributed by atoms with Crippen molar-refractivity contribution < 1.29 is 24.2 Å². The van der Waals surface area contributed by atoms with Gasteiger partial charge in [-0.3, -0.25) is 4.90 Å². The van der Waals surface area contributed by atoms with E-state index in [9.17, 15) is 5.11 Å². The summed E-state index contributed by atoms with van der Waals surface area (Å²) in [6, 6.07) is 23.5. The Kier molecular flexibility index (Phi) is 6.65. The highest BCUT2D eigenvalue weighted by molar-refractivity contribution is 6.01. The Labute approximate surface area is 199 Å². The van der Waals surface area contributed by atoms with Gasteiger partial charge >= 0.3 is 0 Å². The molecule has 0 bridgehead atoms. The number of rotatable bonds is 9. The molecule has 2 heterocycles. The van der Waals surface area contributed by atoms with Crippen molar-refractivity contribution in [3.8, 4) is 17.2 Å². The van der Waals surface area contributed by atoms with Crippen LogP contribution in [0.4, 0.5) is 0 Å². The van der Waals surface area contributed by atoms with Gasteiger partial charge in [0.15, 0.2) is 11.5 Å². The first-order chi connectivity index (χ1) is 16.7. The number of benzene rings is 3. The van der Waals surface area contributed by atoms with Crippen molar-refractivity contribution in [2.45, 2.75) is 25.2 Å². The molecule has 2 atom stereocenters. The third-order valence-electron chi connectivity index (χ3n) is 6.06. The van der Waals surface area contributed by atoms with Crippen molar-refractivity contribution in [1.29, 1.82) is 0 Å². The number of hydrogen-bond acceptors (Lipinski definition) is 7. The summed E-state index contributed by atoms with van der Waals surface area (Å²) in [6.07, 6.45) is -0.0492. The first kappa shape index (κ1) is 22.3. The number of ether oxygens (including phenoxy) is 3. The number of nitrogens with zero attached hydrogens (tertiary/aromatic N) is 2. The molecule has 1 N–H and O–H groups in total. The van der Waals surface area contributed by atoms with Crippen LogP contribution in [0.25, 0.3) is 0 Å². The largest absolute Gasteiger partial charge is 0.497 e. The minimum absolute atomic E-state index is 0.117. The molecule has 7 heteroatoms. The molecule has 2 aliphatic rings. The highest BCUT2D eigenvalue weighted by atomic mass is 16.7. The zero-order valence-electron chi connectivity index (χ0n) is 19.1. The fraction of sp³-hybridized carbons (Fsp3) is 0.296. The number of oxime groups is 1. The predicted octanol–water partition coefficient (Wildman–Crippen LogP) is 4.15. The minimum Gasteiger partial charge on any atom is -0.497 e. The lowest BCUT2D eigenvalue weighted by Gasteiger charge is -2.27. The summed E-state index contributed by atoms with van der Waals surface area (Å²) in [6.45, 7) is 1.99. The van der Waals surface area contributed by atoms with E-state index >= 15 is 0 Å². The molecule has 3 aromatic carbocycles. The van der Waals surface area contributed by atoms with Crippen LogP contribution in [0, 0.1) is 0 Å². The van der Waals surface area contributed by atoms with Crippen molar-refractivity contribution in [2.75, 3.05) is 27.0 Å². The number of fused-ring (bicyclic) bond motifs is 1. The first-order valence-electron chi connectivity index (χ1n) is 11.4. The Morgan fingerprint density at radius 2 is 1.88 bits per heavy atom. The van der Waals surface area contributed by atoms with Crippen LogP contribution in [-0.2, 0) is 11.4 Å². The summed E-state index contributed by atoms with van der Waals surface area (Å²) in [7, 11) is 1.66. The van der Waals surface area contributed by atoms with Gasteiger partial charge in [-0.15, -0.1) is 0 Å². The van der Waals surface area contributed by atoms with E-state index in [1.54, 1.807) is 7.11 Å². The maximum Gasteiger partial charge on any atom is 0.231 e. The molecular weight excluding hydrogens is 432 g/mol.